The van der Waals surface area contributed by atoms with Crippen LogP contribution in [0.25, 0.3) is 10.2 Å². The van der Waals surface area contributed by atoms with Gasteiger partial charge in [-0.1, -0.05) is 0 Å². The minimum atomic E-state index is -0.352. The van der Waals surface area contributed by atoms with Crippen molar-refractivity contribution < 1.29 is 9.90 Å². The van der Waals surface area contributed by atoms with Crippen LogP contribution in [0.5, 0.6) is 0 Å². The number of amides is 1. The number of thiophene rings is 1. The second-order valence-electron chi connectivity index (χ2n) is 6.76. The molecule has 0 aromatic carbocycles. The summed E-state index contributed by atoms with van der Waals surface area (Å²) >= 11 is 1.60. The molecule has 7 heteroatoms. The fraction of sp³-hybridized carbons (Fsp3) is 0.588. The number of carbonyl (C=O) groups excluding carboxylic acids is 1. The van der Waals surface area contributed by atoms with E-state index >= 15 is 0 Å². The average molecular weight is 346 g/mol. The van der Waals surface area contributed by atoms with Crippen molar-refractivity contribution in [2.24, 2.45) is 5.92 Å². The highest BCUT2D eigenvalue weighted by Crippen LogP contribution is 2.33. The molecule has 3 atom stereocenters. The third-order valence-electron chi connectivity index (χ3n) is 5.27. The number of hydrogen-bond acceptors (Lipinski definition) is 6. The fourth-order valence-corrected chi connectivity index (χ4v) is 4.60. The summed E-state index contributed by atoms with van der Waals surface area (Å²) in [7, 11) is 0. The van der Waals surface area contributed by atoms with Crippen molar-refractivity contribution in [2.75, 3.05) is 24.5 Å². The number of carbonyl (C=O) groups is 1. The molecular formula is C17H22N4O2S. The average Bonchev–Trinajstić information content (AvgIpc) is 3.31. The largest absolute Gasteiger partial charge is 0.393 e. The van der Waals surface area contributed by atoms with Crippen molar-refractivity contribution in [1.29, 1.82) is 0 Å². The quantitative estimate of drug-likeness (QED) is 0.919. The highest BCUT2D eigenvalue weighted by Gasteiger charge is 2.38. The Morgan fingerprint density at radius 2 is 2.25 bits per heavy atom. The van der Waals surface area contributed by atoms with Crippen LogP contribution in [-0.2, 0) is 4.79 Å². The van der Waals surface area contributed by atoms with Crippen LogP contribution in [0.15, 0.2) is 17.8 Å². The first-order valence-electron chi connectivity index (χ1n) is 8.57. The molecule has 2 aliphatic rings. The molecule has 2 fully saturated rings. The minimum Gasteiger partial charge on any atom is -0.393 e. The van der Waals surface area contributed by atoms with Gasteiger partial charge in [0.1, 0.15) is 23.0 Å². The van der Waals surface area contributed by atoms with Crippen LogP contribution in [0.3, 0.4) is 0 Å². The summed E-state index contributed by atoms with van der Waals surface area (Å²) in [6, 6.07) is 1.89. The summed E-state index contributed by atoms with van der Waals surface area (Å²) in [5.41, 5.74) is 0. The predicted octanol–water partition coefficient (Wildman–Crippen LogP) is 1.89. The SMILES string of the molecule is CC(O)C1CCN(C(=O)C2CCCN2c2ncnc3sccc23)C1. The van der Waals surface area contributed by atoms with Gasteiger partial charge in [-0.25, -0.2) is 9.97 Å². The van der Waals surface area contributed by atoms with Crippen LogP contribution in [0.1, 0.15) is 26.2 Å². The maximum atomic E-state index is 13.0. The lowest BCUT2D eigenvalue weighted by molar-refractivity contribution is -0.131. The van der Waals surface area contributed by atoms with E-state index in [1.165, 1.54) is 0 Å². The van der Waals surface area contributed by atoms with Gasteiger partial charge < -0.3 is 14.9 Å². The second-order valence-corrected chi connectivity index (χ2v) is 7.66. The van der Waals surface area contributed by atoms with Crippen LogP contribution in [-0.4, -0.2) is 57.7 Å². The Morgan fingerprint density at radius 1 is 1.38 bits per heavy atom. The summed E-state index contributed by atoms with van der Waals surface area (Å²) in [6.45, 7) is 4.08. The van der Waals surface area contributed by atoms with Gasteiger partial charge in [0.2, 0.25) is 5.91 Å². The lowest BCUT2D eigenvalue weighted by atomic mass is 10.0. The van der Waals surface area contributed by atoms with E-state index in [2.05, 4.69) is 14.9 Å². The molecule has 24 heavy (non-hydrogen) atoms. The molecule has 6 nitrogen and oxygen atoms in total. The first-order chi connectivity index (χ1) is 11.6. The molecule has 0 saturated carbocycles. The lowest BCUT2D eigenvalue weighted by Crippen LogP contribution is -2.45. The zero-order chi connectivity index (χ0) is 16.7. The van der Waals surface area contributed by atoms with Crippen molar-refractivity contribution in [1.82, 2.24) is 14.9 Å². The predicted molar refractivity (Wildman–Crippen MR) is 94.2 cm³/mol. The molecule has 4 heterocycles. The molecule has 0 spiro atoms. The molecule has 0 bridgehead atoms. The Bertz CT molecular complexity index is 747. The standard InChI is InChI=1S/C17H22N4O2S/c1-11(22)12-4-7-20(9-12)17(23)14-3-2-6-21(14)15-13-5-8-24-16(13)19-10-18-15/h5,8,10-12,14,22H,2-4,6-7,9H2,1H3. The van der Waals surface area contributed by atoms with E-state index in [9.17, 15) is 9.90 Å². The number of fused-ring (bicyclic) bond motifs is 1. The fourth-order valence-electron chi connectivity index (χ4n) is 3.87. The van der Waals surface area contributed by atoms with E-state index in [1.54, 1.807) is 17.7 Å². The molecule has 1 N–H and O–H groups in total. The van der Waals surface area contributed by atoms with Gasteiger partial charge in [-0.05, 0) is 37.6 Å². The number of hydrogen-bond donors (Lipinski definition) is 1. The maximum absolute atomic E-state index is 13.0. The molecule has 1 amide bonds. The van der Waals surface area contributed by atoms with Crippen LogP contribution in [0.4, 0.5) is 5.82 Å². The van der Waals surface area contributed by atoms with Gasteiger partial charge in [0.15, 0.2) is 0 Å². The first kappa shape index (κ1) is 15.8. The zero-order valence-corrected chi connectivity index (χ0v) is 14.6. The van der Waals surface area contributed by atoms with E-state index in [0.29, 0.717) is 6.54 Å². The van der Waals surface area contributed by atoms with Crippen LogP contribution in [0.2, 0.25) is 0 Å². The Morgan fingerprint density at radius 3 is 3.04 bits per heavy atom. The molecule has 3 unspecified atom stereocenters. The normalized spacial score (nSPS) is 25.6. The number of likely N-dealkylation sites (tertiary alicyclic amines) is 1. The van der Waals surface area contributed by atoms with Crippen molar-refractivity contribution >= 4 is 33.3 Å². The van der Waals surface area contributed by atoms with Gasteiger partial charge in [-0.15, -0.1) is 11.3 Å². The number of rotatable bonds is 3. The van der Waals surface area contributed by atoms with Crippen LogP contribution in [0, 0.1) is 5.92 Å². The molecule has 0 radical (unpaired) electrons. The third kappa shape index (κ3) is 2.65. The van der Waals surface area contributed by atoms with Crippen molar-refractivity contribution in [3.05, 3.63) is 17.8 Å². The van der Waals surface area contributed by atoms with Crippen molar-refractivity contribution in [3.63, 3.8) is 0 Å². The van der Waals surface area contributed by atoms with Gasteiger partial charge in [-0.2, -0.15) is 0 Å². The first-order valence-corrected chi connectivity index (χ1v) is 9.45. The van der Waals surface area contributed by atoms with E-state index in [4.69, 9.17) is 0 Å². The zero-order valence-electron chi connectivity index (χ0n) is 13.8. The molecule has 4 rings (SSSR count). The molecular weight excluding hydrogens is 324 g/mol. The van der Waals surface area contributed by atoms with Gasteiger partial charge >= 0.3 is 0 Å². The second kappa shape index (κ2) is 6.29. The molecule has 2 aliphatic heterocycles. The van der Waals surface area contributed by atoms with Crippen molar-refractivity contribution in [2.45, 2.75) is 38.3 Å². The molecule has 0 aliphatic carbocycles. The van der Waals surface area contributed by atoms with E-state index < -0.39 is 0 Å². The van der Waals surface area contributed by atoms with E-state index in [1.807, 2.05) is 23.3 Å². The number of aliphatic hydroxyl groups excluding tert-OH is 1. The number of nitrogens with zero attached hydrogens (tertiary/aromatic N) is 4. The Labute approximate surface area is 145 Å². The van der Waals surface area contributed by atoms with E-state index in [-0.39, 0.29) is 24.0 Å². The summed E-state index contributed by atoms with van der Waals surface area (Å²) in [6.07, 6.45) is 3.99. The van der Waals surface area contributed by atoms with Gasteiger partial charge in [0.05, 0.1) is 11.5 Å². The van der Waals surface area contributed by atoms with Crippen LogP contribution < -0.4 is 4.90 Å². The third-order valence-corrected chi connectivity index (χ3v) is 6.09. The van der Waals surface area contributed by atoms with Crippen molar-refractivity contribution in [3.8, 4) is 0 Å². The number of aliphatic hydroxyl groups is 1. The van der Waals surface area contributed by atoms with Crippen LogP contribution >= 0.6 is 11.3 Å². The highest BCUT2D eigenvalue weighted by atomic mass is 32.1. The Kier molecular flexibility index (Phi) is 4.14. The number of aromatic nitrogens is 2. The summed E-state index contributed by atoms with van der Waals surface area (Å²) in [4.78, 5) is 26.9. The summed E-state index contributed by atoms with van der Waals surface area (Å²) in [5, 5.41) is 12.8. The highest BCUT2D eigenvalue weighted by molar-refractivity contribution is 7.16. The molecule has 128 valence electrons. The molecule has 2 aromatic rings. The smallest absolute Gasteiger partial charge is 0.245 e. The van der Waals surface area contributed by atoms with Gasteiger partial charge in [0, 0.05) is 25.6 Å². The Balaban J connectivity index is 1.57. The Hall–Kier alpha value is -1.73. The number of anilines is 1. The summed E-state index contributed by atoms with van der Waals surface area (Å²) < 4.78 is 0. The molecule has 2 saturated heterocycles. The van der Waals surface area contributed by atoms with Gasteiger partial charge in [-0.3, -0.25) is 4.79 Å². The lowest BCUT2D eigenvalue weighted by Gasteiger charge is -2.29. The van der Waals surface area contributed by atoms with Gasteiger partial charge in [0.25, 0.3) is 0 Å². The van der Waals surface area contributed by atoms with E-state index in [0.717, 1.165) is 48.4 Å². The monoisotopic (exact) mass is 346 g/mol. The molecule has 2 aromatic heterocycles. The topological polar surface area (TPSA) is 69.6 Å². The maximum Gasteiger partial charge on any atom is 0.245 e. The minimum absolute atomic E-state index is 0.143. The summed E-state index contributed by atoms with van der Waals surface area (Å²) in [5.74, 6) is 1.26.